The second-order valence-corrected chi connectivity index (χ2v) is 8.64. The summed E-state index contributed by atoms with van der Waals surface area (Å²) in [5.74, 6) is -1.50. The van der Waals surface area contributed by atoms with Crippen LogP contribution in [0.5, 0.6) is 0 Å². The maximum atomic E-state index is 12.6. The Morgan fingerprint density at radius 3 is 2.61 bits per heavy atom. The van der Waals surface area contributed by atoms with Gasteiger partial charge in [0, 0.05) is 11.9 Å². The van der Waals surface area contributed by atoms with Crippen LogP contribution in [0.15, 0.2) is 18.0 Å². The number of ether oxygens (including phenoxy) is 2. The van der Waals surface area contributed by atoms with Crippen molar-refractivity contribution in [1.82, 2.24) is 9.88 Å². The van der Waals surface area contributed by atoms with Gasteiger partial charge in [-0.1, -0.05) is 19.6 Å². The van der Waals surface area contributed by atoms with Crippen molar-refractivity contribution in [3.8, 4) is 0 Å². The lowest BCUT2D eigenvalue weighted by atomic mass is 10.1. The molecule has 0 aliphatic carbocycles. The molecule has 0 aromatic carbocycles. The molecule has 0 radical (unpaired) electrons. The van der Waals surface area contributed by atoms with Crippen LogP contribution in [-0.2, 0) is 27.2 Å². The summed E-state index contributed by atoms with van der Waals surface area (Å²) in [6.45, 7) is 9.72. The molecule has 0 bridgehead atoms. The summed E-state index contributed by atoms with van der Waals surface area (Å²) in [5.41, 5.74) is 1.49. The zero-order valence-electron chi connectivity index (χ0n) is 18.1. The molecule has 0 aliphatic rings. The summed E-state index contributed by atoms with van der Waals surface area (Å²) in [6, 6.07) is 0. The molecule has 168 valence electrons. The Morgan fingerprint density at radius 2 is 2.00 bits per heavy atom. The molecule has 2 aromatic heterocycles. The molecule has 0 spiro atoms. The SMILES string of the molecule is C=CCOC(=O)c1sc(NC(=O)CN(C)Cc2csc(CC)n2)c(C(=O)OCC)c1C. The topological polar surface area (TPSA) is 97.8 Å². The average Bonchev–Trinajstić information content (AvgIpc) is 3.29. The van der Waals surface area contributed by atoms with Gasteiger partial charge in [0.15, 0.2) is 0 Å². The van der Waals surface area contributed by atoms with Gasteiger partial charge in [0.25, 0.3) is 0 Å². The summed E-state index contributed by atoms with van der Waals surface area (Å²) in [4.78, 5) is 44.0. The predicted molar refractivity (Wildman–Crippen MR) is 122 cm³/mol. The zero-order chi connectivity index (χ0) is 23.0. The molecule has 0 atom stereocenters. The fourth-order valence-electron chi connectivity index (χ4n) is 2.77. The maximum Gasteiger partial charge on any atom is 0.348 e. The minimum absolute atomic E-state index is 0.0494. The van der Waals surface area contributed by atoms with Crippen molar-refractivity contribution in [2.45, 2.75) is 33.7 Å². The molecule has 1 N–H and O–H groups in total. The molecule has 2 aromatic rings. The Kier molecular flexibility index (Phi) is 9.35. The highest BCUT2D eigenvalue weighted by molar-refractivity contribution is 7.18. The van der Waals surface area contributed by atoms with E-state index in [2.05, 4.69) is 16.9 Å². The number of hydrogen-bond donors (Lipinski definition) is 1. The first-order chi connectivity index (χ1) is 14.8. The number of carbonyl (C=O) groups is 3. The van der Waals surface area contributed by atoms with Gasteiger partial charge in [-0.3, -0.25) is 9.69 Å². The van der Waals surface area contributed by atoms with Gasteiger partial charge >= 0.3 is 11.9 Å². The smallest absolute Gasteiger partial charge is 0.348 e. The highest BCUT2D eigenvalue weighted by Gasteiger charge is 2.27. The summed E-state index contributed by atoms with van der Waals surface area (Å²) in [6.07, 6.45) is 2.33. The lowest BCUT2D eigenvalue weighted by Crippen LogP contribution is -2.30. The number of aryl methyl sites for hydroxylation is 1. The van der Waals surface area contributed by atoms with E-state index in [1.165, 1.54) is 6.08 Å². The van der Waals surface area contributed by atoms with Crippen LogP contribution in [0.25, 0.3) is 0 Å². The third-order valence-electron chi connectivity index (χ3n) is 4.14. The number of nitrogens with one attached hydrogen (secondary N) is 1. The quantitative estimate of drug-likeness (QED) is 0.399. The number of likely N-dealkylation sites (N-methyl/N-ethyl adjacent to an activating group) is 1. The van der Waals surface area contributed by atoms with E-state index >= 15 is 0 Å². The number of nitrogens with zero attached hydrogens (tertiary/aromatic N) is 2. The van der Waals surface area contributed by atoms with Crippen molar-refractivity contribution in [2.24, 2.45) is 0 Å². The summed E-state index contributed by atoms with van der Waals surface area (Å²) >= 11 is 2.59. The molecular formula is C21H27N3O5S2. The lowest BCUT2D eigenvalue weighted by molar-refractivity contribution is -0.117. The van der Waals surface area contributed by atoms with E-state index in [9.17, 15) is 14.4 Å². The first-order valence-corrected chi connectivity index (χ1v) is 11.5. The number of anilines is 1. The van der Waals surface area contributed by atoms with Gasteiger partial charge in [0.05, 0.1) is 29.4 Å². The van der Waals surface area contributed by atoms with Gasteiger partial charge in [0.2, 0.25) is 5.91 Å². The molecule has 2 rings (SSSR count). The van der Waals surface area contributed by atoms with E-state index in [0.717, 1.165) is 28.5 Å². The first kappa shape index (κ1) is 24.7. The fraction of sp³-hybridized carbons (Fsp3) is 0.429. The van der Waals surface area contributed by atoms with E-state index in [0.29, 0.717) is 12.1 Å². The summed E-state index contributed by atoms with van der Waals surface area (Å²) < 4.78 is 10.2. The van der Waals surface area contributed by atoms with Gasteiger partial charge in [-0.15, -0.1) is 22.7 Å². The molecular weight excluding hydrogens is 438 g/mol. The monoisotopic (exact) mass is 465 g/mol. The average molecular weight is 466 g/mol. The molecule has 0 fully saturated rings. The molecule has 0 saturated heterocycles. The Balaban J connectivity index is 2.15. The minimum atomic E-state index is -0.600. The van der Waals surface area contributed by atoms with Crippen molar-refractivity contribution >= 4 is 45.5 Å². The fourth-order valence-corrected chi connectivity index (χ4v) is 4.61. The van der Waals surface area contributed by atoms with Gasteiger partial charge in [-0.2, -0.15) is 0 Å². The van der Waals surface area contributed by atoms with Crippen LogP contribution in [0.3, 0.4) is 0 Å². The van der Waals surface area contributed by atoms with Crippen LogP contribution in [0, 0.1) is 6.92 Å². The Hall–Kier alpha value is -2.56. The standard InChI is InChI=1S/C21H27N3O5S2/c1-6-9-29-21(27)18-13(4)17(20(26)28-8-3)19(31-18)23-15(25)11-24(5)10-14-12-30-16(7-2)22-14/h6,12H,1,7-11H2,2-5H3,(H,23,25). The highest BCUT2D eigenvalue weighted by atomic mass is 32.1. The molecule has 10 heteroatoms. The first-order valence-electron chi connectivity index (χ1n) is 9.80. The Morgan fingerprint density at radius 1 is 1.26 bits per heavy atom. The normalized spacial score (nSPS) is 10.7. The van der Waals surface area contributed by atoms with E-state index in [4.69, 9.17) is 9.47 Å². The summed E-state index contributed by atoms with van der Waals surface area (Å²) in [7, 11) is 1.81. The predicted octanol–water partition coefficient (Wildman–Crippen LogP) is 3.67. The zero-order valence-corrected chi connectivity index (χ0v) is 19.8. The Bertz CT molecular complexity index is 951. The lowest BCUT2D eigenvalue weighted by Gasteiger charge is -2.15. The van der Waals surface area contributed by atoms with Crippen LogP contribution in [0.2, 0.25) is 0 Å². The number of hydrogen-bond acceptors (Lipinski definition) is 9. The van der Waals surface area contributed by atoms with Gasteiger partial charge in [-0.25, -0.2) is 14.6 Å². The van der Waals surface area contributed by atoms with E-state index in [-0.39, 0.29) is 41.1 Å². The van der Waals surface area contributed by atoms with Crippen molar-refractivity contribution in [3.05, 3.63) is 44.7 Å². The molecule has 1 amide bonds. The van der Waals surface area contributed by atoms with Gasteiger partial charge in [-0.05, 0) is 32.9 Å². The molecule has 31 heavy (non-hydrogen) atoms. The van der Waals surface area contributed by atoms with Crippen LogP contribution >= 0.6 is 22.7 Å². The number of aromatic nitrogens is 1. The van der Waals surface area contributed by atoms with E-state index < -0.39 is 11.9 Å². The van der Waals surface area contributed by atoms with Crippen molar-refractivity contribution < 1.29 is 23.9 Å². The Labute approximate surface area is 189 Å². The number of thiazole rings is 1. The maximum absolute atomic E-state index is 12.6. The molecule has 0 unspecified atom stereocenters. The number of carbonyl (C=O) groups excluding carboxylic acids is 3. The second-order valence-electron chi connectivity index (χ2n) is 6.67. The van der Waals surface area contributed by atoms with Crippen LogP contribution in [0.1, 0.15) is 50.1 Å². The molecule has 0 saturated carbocycles. The minimum Gasteiger partial charge on any atom is -0.462 e. The third kappa shape index (κ3) is 6.71. The largest absolute Gasteiger partial charge is 0.462 e. The van der Waals surface area contributed by atoms with Gasteiger partial charge in [0.1, 0.15) is 16.5 Å². The van der Waals surface area contributed by atoms with Crippen molar-refractivity contribution in [3.63, 3.8) is 0 Å². The van der Waals surface area contributed by atoms with Crippen molar-refractivity contribution in [2.75, 3.05) is 32.1 Å². The molecule has 2 heterocycles. The van der Waals surface area contributed by atoms with Gasteiger partial charge < -0.3 is 14.8 Å². The third-order valence-corrected chi connectivity index (χ3v) is 6.37. The van der Waals surface area contributed by atoms with E-state index in [1.54, 1.807) is 25.2 Å². The van der Waals surface area contributed by atoms with Crippen LogP contribution in [-0.4, -0.2) is 54.5 Å². The molecule has 0 aliphatic heterocycles. The van der Waals surface area contributed by atoms with Crippen LogP contribution < -0.4 is 5.32 Å². The number of amides is 1. The number of rotatable bonds is 11. The number of thiophene rings is 1. The summed E-state index contributed by atoms with van der Waals surface area (Å²) in [5, 5.41) is 6.05. The number of esters is 2. The van der Waals surface area contributed by atoms with E-state index in [1.807, 2.05) is 24.3 Å². The second kappa shape index (κ2) is 11.7. The van der Waals surface area contributed by atoms with Crippen molar-refractivity contribution in [1.29, 1.82) is 0 Å². The highest BCUT2D eigenvalue weighted by Crippen LogP contribution is 2.34. The van der Waals surface area contributed by atoms with Crippen LogP contribution in [0.4, 0.5) is 5.00 Å². The molecule has 8 nitrogen and oxygen atoms in total.